The van der Waals surface area contributed by atoms with Gasteiger partial charge in [0, 0.05) is 36.4 Å². The first-order valence-electron chi connectivity index (χ1n) is 6.74. The fourth-order valence-electron chi connectivity index (χ4n) is 1.62. The fraction of sp³-hybridized carbons (Fsp3) is 0.400. The van der Waals surface area contributed by atoms with Gasteiger partial charge in [-0.15, -0.1) is 0 Å². The van der Waals surface area contributed by atoms with Crippen molar-refractivity contribution in [1.29, 1.82) is 0 Å². The molecule has 0 saturated heterocycles. The molecule has 22 heavy (non-hydrogen) atoms. The number of hydrogen-bond acceptors (Lipinski definition) is 5. The summed E-state index contributed by atoms with van der Waals surface area (Å²) in [6.07, 6.45) is 3.49. The normalized spacial score (nSPS) is 11.8. The largest absolute Gasteiger partial charge is 0.506 e. The van der Waals surface area contributed by atoms with Crippen molar-refractivity contribution in [2.24, 2.45) is 0 Å². The minimum atomic E-state index is -1.26. The molecule has 1 heterocycles. The zero-order valence-electron chi connectivity index (χ0n) is 12.9. The number of nitrogens with zero attached hydrogens (tertiary/aromatic N) is 1. The van der Waals surface area contributed by atoms with Crippen LogP contribution in [0.15, 0.2) is 30.5 Å². The molecule has 0 amide bonds. The standard InChI is InChI=1S/C11H18N2O.C4H4O4/c1-8(2)13-9(3)6-10-4-5-11(14)7-12-10;5-3(6)1-2-4(7)8/h4-5,7-9,13-14H,6H2,1-3H3;1-2H,(H,5,6)(H,7,8)/b;2-1+. The Morgan fingerprint density at radius 1 is 1.18 bits per heavy atom. The minimum Gasteiger partial charge on any atom is -0.506 e. The van der Waals surface area contributed by atoms with E-state index in [9.17, 15) is 9.59 Å². The summed E-state index contributed by atoms with van der Waals surface area (Å²) in [6, 6.07) is 4.42. The predicted molar refractivity (Wildman–Crippen MR) is 81.8 cm³/mol. The number of aliphatic carboxylic acids is 2. The Balaban J connectivity index is 0.000000472. The maximum Gasteiger partial charge on any atom is 0.328 e. The molecule has 0 aliphatic heterocycles. The van der Waals surface area contributed by atoms with Crippen LogP contribution < -0.4 is 5.32 Å². The molecule has 0 radical (unpaired) electrons. The lowest BCUT2D eigenvalue weighted by Gasteiger charge is -2.16. The van der Waals surface area contributed by atoms with Gasteiger partial charge in [-0.3, -0.25) is 4.98 Å². The summed E-state index contributed by atoms with van der Waals surface area (Å²) in [4.78, 5) is 23.2. The molecule has 1 rings (SSSR count). The molecule has 0 aromatic carbocycles. The van der Waals surface area contributed by atoms with Crippen molar-refractivity contribution in [2.45, 2.75) is 39.3 Å². The second-order valence-corrected chi connectivity index (χ2v) is 4.94. The predicted octanol–water partition coefficient (Wildman–Crippen LogP) is 1.43. The molecular weight excluding hydrogens is 288 g/mol. The van der Waals surface area contributed by atoms with Crippen LogP contribution in [0.25, 0.3) is 0 Å². The van der Waals surface area contributed by atoms with Gasteiger partial charge >= 0.3 is 11.9 Å². The van der Waals surface area contributed by atoms with E-state index in [-0.39, 0.29) is 5.75 Å². The van der Waals surface area contributed by atoms with Crippen molar-refractivity contribution in [1.82, 2.24) is 10.3 Å². The van der Waals surface area contributed by atoms with Gasteiger partial charge in [0.25, 0.3) is 0 Å². The Labute approximate surface area is 129 Å². The summed E-state index contributed by atoms with van der Waals surface area (Å²) in [7, 11) is 0. The molecule has 1 unspecified atom stereocenters. The third-order valence-electron chi connectivity index (χ3n) is 2.31. The van der Waals surface area contributed by atoms with Gasteiger partial charge in [0.05, 0.1) is 6.20 Å². The molecule has 1 atom stereocenters. The van der Waals surface area contributed by atoms with Gasteiger partial charge in [0.2, 0.25) is 0 Å². The van der Waals surface area contributed by atoms with Gasteiger partial charge in [-0.05, 0) is 19.1 Å². The molecule has 0 aliphatic carbocycles. The lowest BCUT2D eigenvalue weighted by atomic mass is 10.1. The molecule has 0 fully saturated rings. The lowest BCUT2D eigenvalue weighted by Crippen LogP contribution is -2.34. The molecule has 122 valence electrons. The van der Waals surface area contributed by atoms with E-state index in [1.807, 2.05) is 6.07 Å². The highest BCUT2D eigenvalue weighted by Gasteiger charge is 2.05. The molecule has 1 aromatic heterocycles. The van der Waals surface area contributed by atoms with Gasteiger partial charge in [-0.1, -0.05) is 13.8 Å². The zero-order valence-corrected chi connectivity index (χ0v) is 12.9. The third-order valence-corrected chi connectivity index (χ3v) is 2.31. The van der Waals surface area contributed by atoms with Crippen molar-refractivity contribution in [3.05, 3.63) is 36.2 Å². The first-order chi connectivity index (χ1) is 10.2. The van der Waals surface area contributed by atoms with E-state index in [1.165, 1.54) is 6.20 Å². The van der Waals surface area contributed by atoms with E-state index in [0.717, 1.165) is 12.1 Å². The summed E-state index contributed by atoms with van der Waals surface area (Å²) >= 11 is 0. The van der Waals surface area contributed by atoms with E-state index in [1.54, 1.807) is 6.07 Å². The average Bonchev–Trinajstić information content (AvgIpc) is 2.39. The number of carboxylic acid groups (broad SMARTS) is 2. The molecule has 0 saturated carbocycles. The van der Waals surface area contributed by atoms with Crippen LogP contribution in [0.2, 0.25) is 0 Å². The molecule has 0 bridgehead atoms. The van der Waals surface area contributed by atoms with Gasteiger partial charge in [0.1, 0.15) is 5.75 Å². The van der Waals surface area contributed by atoms with Crippen LogP contribution in [0, 0.1) is 0 Å². The van der Waals surface area contributed by atoms with Gasteiger partial charge in [-0.25, -0.2) is 9.59 Å². The smallest absolute Gasteiger partial charge is 0.328 e. The number of carbonyl (C=O) groups is 2. The SMILES string of the molecule is CC(C)NC(C)Cc1ccc(O)cn1.O=C(O)/C=C/C(=O)O. The van der Waals surface area contributed by atoms with E-state index in [2.05, 4.69) is 31.1 Å². The minimum absolute atomic E-state index is 0.221. The van der Waals surface area contributed by atoms with Crippen LogP contribution in [0.1, 0.15) is 26.5 Å². The van der Waals surface area contributed by atoms with Crippen LogP contribution in [-0.2, 0) is 16.0 Å². The highest BCUT2D eigenvalue weighted by atomic mass is 16.4. The first kappa shape index (κ1) is 19.6. The Bertz CT molecular complexity index is 481. The van der Waals surface area contributed by atoms with Crippen molar-refractivity contribution < 1.29 is 24.9 Å². The Morgan fingerprint density at radius 2 is 1.73 bits per heavy atom. The topological polar surface area (TPSA) is 120 Å². The number of pyridine rings is 1. The number of nitrogens with one attached hydrogen (secondary N) is 1. The zero-order chi connectivity index (χ0) is 17.1. The van der Waals surface area contributed by atoms with E-state index < -0.39 is 11.9 Å². The molecule has 7 nitrogen and oxygen atoms in total. The fourth-order valence-corrected chi connectivity index (χ4v) is 1.62. The summed E-state index contributed by atoms with van der Waals surface area (Å²) in [5.41, 5.74) is 1.00. The average molecular weight is 310 g/mol. The van der Waals surface area contributed by atoms with E-state index >= 15 is 0 Å². The number of carboxylic acids is 2. The highest BCUT2D eigenvalue weighted by molar-refractivity contribution is 5.89. The van der Waals surface area contributed by atoms with Crippen LogP contribution in [-0.4, -0.2) is 44.3 Å². The van der Waals surface area contributed by atoms with E-state index in [4.69, 9.17) is 15.3 Å². The quantitative estimate of drug-likeness (QED) is 0.587. The van der Waals surface area contributed by atoms with E-state index in [0.29, 0.717) is 24.2 Å². The molecule has 4 N–H and O–H groups in total. The maximum absolute atomic E-state index is 9.55. The molecule has 1 aromatic rings. The molecule has 0 spiro atoms. The Morgan fingerprint density at radius 3 is 2.09 bits per heavy atom. The summed E-state index contributed by atoms with van der Waals surface area (Å²) in [5, 5.41) is 28.1. The van der Waals surface area contributed by atoms with Crippen LogP contribution in [0.3, 0.4) is 0 Å². The van der Waals surface area contributed by atoms with Crippen molar-refractivity contribution >= 4 is 11.9 Å². The van der Waals surface area contributed by atoms with Crippen molar-refractivity contribution in [2.75, 3.05) is 0 Å². The first-order valence-corrected chi connectivity index (χ1v) is 6.74. The summed E-state index contributed by atoms with van der Waals surface area (Å²) in [6.45, 7) is 6.38. The van der Waals surface area contributed by atoms with Crippen LogP contribution in [0.4, 0.5) is 0 Å². The molecular formula is C15H22N2O5. The number of aromatic hydroxyl groups is 1. The van der Waals surface area contributed by atoms with Gasteiger partial charge in [0.15, 0.2) is 0 Å². The Hall–Kier alpha value is -2.41. The Kier molecular flexibility index (Phi) is 9.20. The number of aromatic nitrogens is 1. The van der Waals surface area contributed by atoms with Crippen LogP contribution >= 0.6 is 0 Å². The van der Waals surface area contributed by atoms with Crippen LogP contribution in [0.5, 0.6) is 5.75 Å². The second-order valence-electron chi connectivity index (χ2n) is 4.94. The second kappa shape index (κ2) is 10.3. The van der Waals surface area contributed by atoms with Gasteiger partial charge in [-0.2, -0.15) is 0 Å². The maximum atomic E-state index is 9.55. The third kappa shape index (κ3) is 11.4. The lowest BCUT2D eigenvalue weighted by molar-refractivity contribution is -0.134. The summed E-state index contributed by atoms with van der Waals surface area (Å²) in [5.74, 6) is -2.29. The monoisotopic (exact) mass is 310 g/mol. The molecule has 7 heteroatoms. The molecule has 0 aliphatic rings. The van der Waals surface area contributed by atoms with Crippen molar-refractivity contribution in [3.63, 3.8) is 0 Å². The number of rotatable bonds is 6. The van der Waals surface area contributed by atoms with Gasteiger partial charge < -0.3 is 20.6 Å². The summed E-state index contributed by atoms with van der Waals surface area (Å²) < 4.78 is 0. The number of hydrogen-bond donors (Lipinski definition) is 4. The highest BCUT2D eigenvalue weighted by Crippen LogP contribution is 2.07. The van der Waals surface area contributed by atoms with Crippen molar-refractivity contribution in [3.8, 4) is 5.75 Å².